The SMILES string of the molecule is CCCNCc1ccc(CN(CC)CCC)cc1. The van der Waals surface area contributed by atoms with Gasteiger partial charge in [-0.15, -0.1) is 0 Å². The van der Waals surface area contributed by atoms with Crippen molar-refractivity contribution in [3.8, 4) is 0 Å². The highest BCUT2D eigenvalue weighted by Gasteiger charge is 2.02. The van der Waals surface area contributed by atoms with E-state index in [1.54, 1.807) is 0 Å². The Hall–Kier alpha value is -0.860. The predicted octanol–water partition coefficient (Wildman–Crippen LogP) is 3.42. The maximum atomic E-state index is 3.43. The summed E-state index contributed by atoms with van der Waals surface area (Å²) in [6, 6.07) is 9.03. The molecule has 1 rings (SSSR count). The summed E-state index contributed by atoms with van der Waals surface area (Å²) in [5.41, 5.74) is 2.80. The number of rotatable bonds is 9. The van der Waals surface area contributed by atoms with Gasteiger partial charge in [0, 0.05) is 13.1 Å². The van der Waals surface area contributed by atoms with Crippen LogP contribution in [0.3, 0.4) is 0 Å². The molecule has 18 heavy (non-hydrogen) atoms. The molecule has 0 fully saturated rings. The summed E-state index contributed by atoms with van der Waals surface area (Å²) < 4.78 is 0. The van der Waals surface area contributed by atoms with Crippen molar-refractivity contribution in [2.75, 3.05) is 19.6 Å². The second-order valence-electron chi connectivity index (χ2n) is 4.86. The van der Waals surface area contributed by atoms with Gasteiger partial charge in [-0.05, 0) is 43.6 Å². The molecule has 0 spiro atoms. The molecule has 0 aliphatic heterocycles. The molecule has 0 aliphatic carbocycles. The minimum absolute atomic E-state index is 0.987. The van der Waals surface area contributed by atoms with Gasteiger partial charge in [0.15, 0.2) is 0 Å². The van der Waals surface area contributed by atoms with E-state index in [0.29, 0.717) is 0 Å². The highest BCUT2D eigenvalue weighted by Crippen LogP contribution is 2.08. The molecule has 0 aromatic heterocycles. The van der Waals surface area contributed by atoms with E-state index >= 15 is 0 Å². The maximum absolute atomic E-state index is 3.43. The lowest BCUT2D eigenvalue weighted by molar-refractivity contribution is 0.280. The van der Waals surface area contributed by atoms with E-state index in [2.05, 4.69) is 55.3 Å². The molecule has 0 bridgehead atoms. The standard InChI is InChI=1S/C16H28N2/c1-4-11-17-13-15-7-9-16(10-8-15)14-18(6-3)12-5-2/h7-10,17H,4-6,11-14H2,1-3H3. The van der Waals surface area contributed by atoms with Crippen LogP contribution in [-0.4, -0.2) is 24.5 Å². The number of nitrogens with zero attached hydrogens (tertiary/aromatic N) is 1. The molecule has 0 heterocycles. The van der Waals surface area contributed by atoms with E-state index in [1.165, 1.54) is 30.5 Å². The molecule has 0 aliphatic rings. The van der Waals surface area contributed by atoms with E-state index in [-0.39, 0.29) is 0 Å². The van der Waals surface area contributed by atoms with Gasteiger partial charge in [0.05, 0.1) is 0 Å². The zero-order chi connectivity index (χ0) is 13.2. The first-order valence-electron chi connectivity index (χ1n) is 7.31. The van der Waals surface area contributed by atoms with Crippen LogP contribution in [0.1, 0.15) is 44.7 Å². The van der Waals surface area contributed by atoms with Crippen LogP contribution >= 0.6 is 0 Å². The average Bonchev–Trinajstić information content (AvgIpc) is 2.40. The Bertz CT molecular complexity index is 305. The quantitative estimate of drug-likeness (QED) is 0.674. The van der Waals surface area contributed by atoms with Gasteiger partial charge in [0.2, 0.25) is 0 Å². The highest BCUT2D eigenvalue weighted by atomic mass is 15.1. The zero-order valence-electron chi connectivity index (χ0n) is 12.2. The first-order chi connectivity index (χ1) is 8.80. The van der Waals surface area contributed by atoms with Crippen molar-refractivity contribution in [1.82, 2.24) is 10.2 Å². The fourth-order valence-corrected chi connectivity index (χ4v) is 2.10. The van der Waals surface area contributed by atoms with Crippen molar-refractivity contribution in [1.29, 1.82) is 0 Å². The summed E-state index contributed by atoms with van der Waals surface area (Å²) in [5.74, 6) is 0. The van der Waals surface area contributed by atoms with Crippen LogP contribution < -0.4 is 5.32 Å². The van der Waals surface area contributed by atoms with Crippen LogP contribution in [0, 0.1) is 0 Å². The van der Waals surface area contributed by atoms with E-state index in [9.17, 15) is 0 Å². The molecular formula is C16H28N2. The molecule has 0 unspecified atom stereocenters. The van der Waals surface area contributed by atoms with Crippen LogP contribution in [0.4, 0.5) is 0 Å². The van der Waals surface area contributed by atoms with Crippen molar-refractivity contribution in [3.05, 3.63) is 35.4 Å². The molecule has 0 amide bonds. The minimum Gasteiger partial charge on any atom is -0.313 e. The van der Waals surface area contributed by atoms with Crippen LogP contribution in [0.25, 0.3) is 0 Å². The van der Waals surface area contributed by atoms with Crippen LogP contribution in [0.5, 0.6) is 0 Å². The van der Waals surface area contributed by atoms with Crippen molar-refractivity contribution in [2.45, 2.75) is 46.7 Å². The van der Waals surface area contributed by atoms with Crippen molar-refractivity contribution < 1.29 is 0 Å². The monoisotopic (exact) mass is 248 g/mol. The highest BCUT2D eigenvalue weighted by molar-refractivity contribution is 5.22. The lowest BCUT2D eigenvalue weighted by Gasteiger charge is -2.19. The molecule has 2 nitrogen and oxygen atoms in total. The van der Waals surface area contributed by atoms with E-state index in [0.717, 1.165) is 26.2 Å². The summed E-state index contributed by atoms with van der Waals surface area (Å²) in [6.45, 7) is 12.2. The zero-order valence-corrected chi connectivity index (χ0v) is 12.2. The minimum atomic E-state index is 0.987. The number of benzene rings is 1. The van der Waals surface area contributed by atoms with Crippen molar-refractivity contribution >= 4 is 0 Å². The molecule has 1 aromatic rings. The lowest BCUT2D eigenvalue weighted by Crippen LogP contribution is -2.23. The Kier molecular flexibility index (Phi) is 7.70. The molecular weight excluding hydrogens is 220 g/mol. The molecule has 1 N–H and O–H groups in total. The molecule has 1 aromatic carbocycles. The summed E-state index contributed by atoms with van der Waals surface area (Å²) in [6.07, 6.45) is 2.42. The van der Waals surface area contributed by atoms with Crippen LogP contribution in [0.2, 0.25) is 0 Å². The van der Waals surface area contributed by atoms with Gasteiger partial charge in [-0.2, -0.15) is 0 Å². The molecule has 2 heteroatoms. The Morgan fingerprint density at radius 1 is 0.944 bits per heavy atom. The van der Waals surface area contributed by atoms with E-state index in [4.69, 9.17) is 0 Å². The first kappa shape index (κ1) is 15.2. The lowest BCUT2D eigenvalue weighted by atomic mass is 10.1. The van der Waals surface area contributed by atoms with E-state index in [1.807, 2.05) is 0 Å². The van der Waals surface area contributed by atoms with Gasteiger partial charge in [0.1, 0.15) is 0 Å². The molecule has 0 saturated carbocycles. The molecule has 0 saturated heterocycles. The maximum Gasteiger partial charge on any atom is 0.0233 e. The number of hydrogen-bond acceptors (Lipinski definition) is 2. The summed E-state index contributed by atoms with van der Waals surface area (Å²) in [7, 11) is 0. The largest absolute Gasteiger partial charge is 0.313 e. The third-order valence-electron chi connectivity index (χ3n) is 3.17. The van der Waals surface area contributed by atoms with Crippen molar-refractivity contribution in [3.63, 3.8) is 0 Å². The van der Waals surface area contributed by atoms with Gasteiger partial charge in [-0.1, -0.05) is 45.0 Å². The summed E-state index contributed by atoms with van der Waals surface area (Å²) in [4.78, 5) is 2.49. The Morgan fingerprint density at radius 3 is 2.17 bits per heavy atom. The Morgan fingerprint density at radius 2 is 1.61 bits per heavy atom. The smallest absolute Gasteiger partial charge is 0.0233 e. The van der Waals surface area contributed by atoms with Gasteiger partial charge in [0.25, 0.3) is 0 Å². The van der Waals surface area contributed by atoms with Crippen LogP contribution in [-0.2, 0) is 13.1 Å². The van der Waals surface area contributed by atoms with Gasteiger partial charge in [-0.3, -0.25) is 4.90 Å². The second-order valence-corrected chi connectivity index (χ2v) is 4.86. The second kappa shape index (κ2) is 9.12. The van der Waals surface area contributed by atoms with Gasteiger partial charge < -0.3 is 5.32 Å². The van der Waals surface area contributed by atoms with E-state index < -0.39 is 0 Å². The van der Waals surface area contributed by atoms with Crippen molar-refractivity contribution in [2.24, 2.45) is 0 Å². The third-order valence-corrected chi connectivity index (χ3v) is 3.17. The fourth-order valence-electron chi connectivity index (χ4n) is 2.10. The normalized spacial score (nSPS) is 11.1. The Balaban J connectivity index is 2.43. The molecule has 0 atom stereocenters. The first-order valence-corrected chi connectivity index (χ1v) is 7.31. The molecule has 0 radical (unpaired) electrons. The van der Waals surface area contributed by atoms with Gasteiger partial charge in [-0.25, -0.2) is 0 Å². The van der Waals surface area contributed by atoms with Gasteiger partial charge >= 0.3 is 0 Å². The topological polar surface area (TPSA) is 15.3 Å². The number of hydrogen-bond donors (Lipinski definition) is 1. The Labute approximate surface area is 112 Å². The predicted molar refractivity (Wildman–Crippen MR) is 79.7 cm³/mol. The van der Waals surface area contributed by atoms with Crippen LogP contribution in [0.15, 0.2) is 24.3 Å². The third kappa shape index (κ3) is 5.65. The summed E-state index contributed by atoms with van der Waals surface area (Å²) in [5, 5.41) is 3.43. The fraction of sp³-hybridized carbons (Fsp3) is 0.625. The summed E-state index contributed by atoms with van der Waals surface area (Å²) >= 11 is 0. The molecule has 102 valence electrons. The average molecular weight is 248 g/mol. The number of nitrogens with one attached hydrogen (secondary N) is 1.